The molecule has 2 unspecified atom stereocenters. The maximum absolute atomic E-state index is 13.0. The minimum absolute atomic E-state index is 0.00665. The van der Waals surface area contributed by atoms with E-state index in [2.05, 4.69) is 18.7 Å². The molecule has 21 heavy (non-hydrogen) atoms. The molecule has 3 aliphatic rings. The normalized spacial score (nSPS) is 35.6. The SMILES string of the molecule is CC1C2C(=O)c3ccc(O)cc3[C@@]1(C)CCN2CC1CC1. The van der Waals surface area contributed by atoms with E-state index in [4.69, 9.17) is 0 Å². The molecule has 4 rings (SSSR count). The molecule has 1 saturated carbocycles. The molecule has 0 radical (unpaired) electrons. The van der Waals surface area contributed by atoms with Gasteiger partial charge in [-0.3, -0.25) is 9.69 Å². The van der Waals surface area contributed by atoms with E-state index in [1.165, 1.54) is 12.8 Å². The van der Waals surface area contributed by atoms with Crippen molar-refractivity contribution in [2.75, 3.05) is 13.1 Å². The van der Waals surface area contributed by atoms with Crippen LogP contribution in [0.5, 0.6) is 5.75 Å². The Morgan fingerprint density at radius 1 is 1.38 bits per heavy atom. The van der Waals surface area contributed by atoms with E-state index in [0.29, 0.717) is 5.92 Å². The van der Waals surface area contributed by atoms with Crippen LogP contribution < -0.4 is 0 Å². The number of likely N-dealkylation sites (tertiary alicyclic amines) is 1. The molecule has 112 valence electrons. The summed E-state index contributed by atoms with van der Waals surface area (Å²) in [5, 5.41) is 9.83. The summed E-state index contributed by atoms with van der Waals surface area (Å²) in [6, 6.07) is 5.32. The van der Waals surface area contributed by atoms with Crippen molar-refractivity contribution in [3.8, 4) is 5.75 Å². The van der Waals surface area contributed by atoms with Gasteiger partial charge >= 0.3 is 0 Å². The van der Waals surface area contributed by atoms with Gasteiger partial charge in [-0.15, -0.1) is 0 Å². The number of ketones is 1. The largest absolute Gasteiger partial charge is 0.508 e. The maximum Gasteiger partial charge on any atom is 0.180 e. The number of benzene rings is 1. The fourth-order valence-corrected chi connectivity index (χ4v) is 4.40. The van der Waals surface area contributed by atoms with Gasteiger partial charge < -0.3 is 5.11 Å². The van der Waals surface area contributed by atoms with Gasteiger partial charge in [0.25, 0.3) is 0 Å². The predicted molar refractivity (Wildman–Crippen MR) is 81.7 cm³/mol. The van der Waals surface area contributed by atoms with E-state index < -0.39 is 0 Å². The minimum Gasteiger partial charge on any atom is -0.508 e. The van der Waals surface area contributed by atoms with Gasteiger partial charge in [0.15, 0.2) is 5.78 Å². The predicted octanol–water partition coefficient (Wildman–Crippen LogP) is 2.97. The molecule has 0 aromatic heterocycles. The van der Waals surface area contributed by atoms with Crippen molar-refractivity contribution >= 4 is 5.78 Å². The third-order valence-electron chi connectivity index (χ3n) is 6.13. The average molecular weight is 285 g/mol. The van der Waals surface area contributed by atoms with Crippen LogP contribution in [-0.4, -0.2) is 34.9 Å². The number of carbonyl (C=O) groups is 1. The lowest BCUT2D eigenvalue weighted by Crippen LogP contribution is -2.61. The maximum atomic E-state index is 13.0. The van der Waals surface area contributed by atoms with Crippen LogP contribution in [0.3, 0.4) is 0 Å². The summed E-state index contributed by atoms with van der Waals surface area (Å²) >= 11 is 0. The summed E-state index contributed by atoms with van der Waals surface area (Å²) in [6.07, 6.45) is 3.72. The van der Waals surface area contributed by atoms with Crippen molar-refractivity contribution in [3.05, 3.63) is 29.3 Å². The molecule has 0 amide bonds. The summed E-state index contributed by atoms with van der Waals surface area (Å²) in [7, 11) is 0. The lowest BCUT2D eigenvalue weighted by atomic mass is 9.58. The van der Waals surface area contributed by atoms with Crippen LogP contribution in [0.1, 0.15) is 49.0 Å². The molecule has 3 nitrogen and oxygen atoms in total. The highest BCUT2D eigenvalue weighted by Gasteiger charge is 2.52. The van der Waals surface area contributed by atoms with Crippen LogP contribution in [0.25, 0.3) is 0 Å². The van der Waals surface area contributed by atoms with Crippen LogP contribution in [0.15, 0.2) is 18.2 Å². The van der Waals surface area contributed by atoms with Crippen LogP contribution in [0, 0.1) is 11.8 Å². The Balaban J connectivity index is 1.79. The Kier molecular flexibility index (Phi) is 2.74. The fourth-order valence-electron chi connectivity index (χ4n) is 4.40. The van der Waals surface area contributed by atoms with E-state index in [1.54, 1.807) is 6.07 Å². The summed E-state index contributed by atoms with van der Waals surface area (Å²) < 4.78 is 0. The molecule has 1 aliphatic heterocycles. The van der Waals surface area contributed by atoms with E-state index in [-0.39, 0.29) is 23.0 Å². The number of carbonyl (C=O) groups excluding carboxylic acids is 1. The van der Waals surface area contributed by atoms with Crippen molar-refractivity contribution in [1.29, 1.82) is 0 Å². The lowest BCUT2D eigenvalue weighted by molar-refractivity contribution is 0.0265. The topological polar surface area (TPSA) is 40.5 Å². The first-order valence-corrected chi connectivity index (χ1v) is 8.12. The van der Waals surface area contributed by atoms with Crippen molar-refractivity contribution in [2.45, 2.75) is 44.6 Å². The smallest absolute Gasteiger partial charge is 0.180 e. The second-order valence-corrected chi connectivity index (χ2v) is 7.43. The summed E-state index contributed by atoms with van der Waals surface area (Å²) in [6.45, 7) is 6.57. The van der Waals surface area contributed by atoms with Gasteiger partial charge in [0, 0.05) is 12.1 Å². The molecule has 2 fully saturated rings. The average Bonchev–Trinajstić information content (AvgIpc) is 3.25. The van der Waals surface area contributed by atoms with Gasteiger partial charge in [-0.25, -0.2) is 0 Å². The zero-order valence-electron chi connectivity index (χ0n) is 12.8. The molecule has 2 bridgehead atoms. The van der Waals surface area contributed by atoms with Crippen LogP contribution in [0.4, 0.5) is 0 Å². The quantitative estimate of drug-likeness (QED) is 0.908. The molecule has 1 saturated heterocycles. The van der Waals surface area contributed by atoms with E-state index >= 15 is 0 Å². The van der Waals surface area contributed by atoms with Crippen LogP contribution >= 0.6 is 0 Å². The highest BCUT2D eigenvalue weighted by molar-refractivity contribution is 6.03. The highest BCUT2D eigenvalue weighted by atomic mass is 16.3. The second-order valence-electron chi connectivity index (χ2n) is 7.43. The van der Waals surface area contributed by atoms with Crippen molar-refractivity contribution in [3.63, 3.8) is 0 Å². The van der Waals surface area contributed by atoms with Crippen molar-refractivity contribution in [1.82, 2.24) is 4.90 Å². The number of rotatable bonds is 2. The highest BCUT2D eigenvalue weighted by Crippen LogP contribution is 2.49. The molecule has 3 heteroatoms. The zero-order chi connectivity index (χ0) is 14.8. The molecule has 3 atom stereocenters. The first kappa shape index (κ1) is 13.3. The Labute approximate surface area is 126 Å². The number of Topliss-reactive ketones (excluding diaryl/α,β-unsaturated/α-hetero) is 1. The molecule has 1 N–H and O–H groups in total. The Morgan fingerprint density at radius 3 is 2.86 bits per heavy atom. The van der Waals surface area contributed by atoms with Gasteiger partial charge in [0.2, 0.25) is 0 Å². The number of fused-ring (bicyclic) bond motifs is 4. The number of aromatic hydroxyl groups is 1. The first-order chi connectivity index (χ1) is 10.0. The van der Waals surface area contributed by atoms with Crippen LogP contribution in [-0.2, 0) is 5.41 Å². The van der Waals surface area contributed by atoms with Crippen molar-refractivity contribution < 1.29 is 9.90 Å². The van der Waals surface area contributed by atoms with E-state index in [1.807, 2.05) is 12.1 Å². The third-order valence-corrected chi connectivity index (χ3v) is 6.13. The van der Waals surface area contributed by atoms with Gasteiger partial charge in [0.05, 0.1) is 6.04 Å². The summed E-state index contributed by atoms with van der Waals surface area (Å²) in [5.41, 5.74) is 1.90. The molecule has 1 aromatic rings. The van der Waals surface area contributed by atoms with Crippen LogP contribution in [0.2, 0.25) is 0 Å². The molecule has 1 heterocycles. The number of hydrogen-bond donors (Lipinski definition) is 1. The summed E-state index contributed by atoms with van der Waals surface area (Å²) in [5.74, 6) is 1.66. The number of hydrogen-bond acceptors (Lipinski definition) is 3. The van der Waals surface area contributed by atoms with Gasteiger partial charge in [-0.1, -0.05) is 13.8 Å². The monoisotopic (exact) mass is 285 g/mol. The van der Waals surface area contributed by atoms with Crippen molar-refractivity contribution in [2.24, 2.45) is 11.8 Å². The standard InChI is InChI=1S/C18H23NO2/c1-11-16-17(21)14-6-5-13(20)9-15(14)18(11,2)7-8-19(16)10-12-3-4-12/h5-6,9,11-12,16,20H,3-4,7-8,10H2,1-2H3/t11?,16?,18-/m0/s1. The number of phenols is 1. The number of piperidine rings is 1. The third kappa shape index (κ3) is 1.87. The molecular weight excluding hydrogens is 262 g/mol. The first-order valence-electron chi connectivity index (χ1n) is 8.12. The Morgan fingerprint density at radius 2 is 2.14 bits per heavy atom. The van der Waals surface area contributed by atoms with Gasteiger partial charge in [0.1, 0.15) is 5.75 Å². The second kappa shape index (κ2) is 4.33. The molecule has 2 aliphatic carbocycles. The zero-order valence-corrected chi connectivity index (χ0v) is 12.8. The minimum atomic E-state index is 0.00665. The van der Waals surface area contributed by atoms with E-state index in [0.717, 1.165) is 36.6 Å². The fraction of sp³-hybridized carbons (Fsp3) is 0.611. The van der Waals surface area contributed by atoms with Gasteiger partial charge in [-0.05, 0) is 66.8 Å². The summed E-state index contributed by atoms with van der Waals surface area (Å²) in [4.78, 5) is 15.4. The lowest BCUT2D eigenvalue weighted by Gasteiger charge is -2.53. The van der Waals surface area contributed by atoms with Gasteiger partial charge in [-0.2, -0.15) is 0 Å². The molecule has 0 spiro atoms. The molecule has 1 aromatic carbocycles. The molecular formula is C18H23NO2. The number of nitrogens with zero attached hydrogens (tertiary/aromatic N) is 1. The number of phenolic OH excluding ortho intramolecular Hbond substituents is 1. The Hall–Kier alpha value is -1.35. The van der Waals surface area contributed by atoms with E-state index in [9.17, 15) is 9.90 Å². The Bertz CT molecular complexity index is 607.